The summed E-state index contributed by atoms with van der Waals surface area (Å²) in [5, 5.41) is 5.43. The summed E-state index contributed by atoms with van der Waals surface area (Å²) in [4.78, 5) is 25.2. The fourth-order valence-corrected chi connectivity index (χ4v) is 2.54. The molecule has 0 spiro atoms. The maximum atomic E-state index is 13.0. The molecule has 0 bridgehead atoms. The molecular weight excluding hydrogens is 355 g/mol. The van der Waals surface area contributed by atoms with Crippen LogP contribution in [0.5, 0.6) is 0 Å². The van der Waals surface area contributed by atoms with Gasteiger partial charge in [-0.15, -0.1) is 0 Å². The molecule has 2 N–H and O–H groups in total. The molecular formula is C23H19FN2O2. The van der Waals surface area contributed by atoms with E-state index in [1.807, 2.05) is 36.4 Å². The molecule has 28 heavy (non-hydrogen) atoms. The first-order valence-corrected chi connectivity index (χ1v) is 8.77. The molecule has 2 amide bonds. The zero-order chi connectivity index (χ0) is 19.8. The molecule has 0 heterocycles. The van der Waals surface area contributed by atoms with Crippen LogP contribution in [0, 0.1) is 5.82 Å². The molecule has 0 aliphatic carbocycles. The minimum atomic E-state index is -0.433. The number of benzene rings is 3. The van der Waals surface area contributed by atoms with Crippen molar-refractivity contribution in [3.05, 3.63) is 113 Å². The van der Waals surface area contributed by atoms with Crippen LogP contribution in [0.4, 0.5) is 4.39 Å². The predicted octanol–water partition coefficient (Wildman–Crippen LogP) is 3.91. The molecule has 3 rings (SSSR count). The molecule has 0 radical (unpaired) electrons. The predicted molar refractivity (Wildman–Crippen MR) is 107 cm³/mol. The van der Waals surface area contributed by atoms with Crippen LogP contribution in [0.1, 0.15) is 21.5 Å². The lowest BCUT2D eigenvalue weighted by molar-refractivity contribution is -0.117. The highest BCUT2D eigenvalue weighted by atomic mass is 19.1. The van der Waals surface area contributed by atoms with Crippen molar-refractivity contribution in [3.63, 3.8) is 0 Å². The van der Waals surface area contributed by atoms with Gasteiger partial charge in [-0.05, 0) is 41.5 Å². The normalized spacial score (nSPS) is 11.0. The number of halogens is 1. The average Bonchev–Trinajstić information content (AvgIpc) is 2.74. The van der Waals surface area contributed by atoms with Gasteiger partial charge in [0.2, 0.25) is 0 Å². The summed E-state index contributed by atoms with van der Waals surface area (Å²) in [7, 11) is 0. The van der Waals surface area contributed by atoms with Crippen molar-refractivity contribution < 1.29 is 14.0 Å². The van der Waals surface area contributed by atoms with Crippen molar-refractivity contribution in [3.8, 4) is 0 Å². The summed E-state index contributed by atoms with van der Waals surface area (Å²) in [6.07, 6.45) is 1.61. The highest BCUT2D eigenvalue weighted by molar-refractivity contribution is 6.05. The lowest BCUT2D eigenvalue weighted by atomic mass is 10.1. The van der Waals surface area contributed by atoms with Crippen molar-refractivity contribution in [1.29, 1.82) is 0 Å². The molecule has 140 valence electrons. The van der Waals surface area contributed by atoms with E-state index in [2.05, 4.69) is 10.6 Å². The van der Waals surface area contributed by atoms with Crippen molar-refractivity contribution in [2.75, 3.05) is 0 Å². The van der Waals surface area contributed by atoms with E-state index < -0.39 is 5.91 Å². The van der Waals surface area contributed by atoms with E-state index in [9.17, 15) is 14.0 Å². The Morgan fingerprint density at radius 1 is 0.821 bits per heavy atom. The second kappa shape index (κ2) is 9.28. The Bertz CT molecular complexity index is 969. The van der Waals surface area contributed by atoms with Gasteiger partial charge in [-0.3, -0.25) is 9.59 Å². The summed E-state index contributed by atoms with van der Waals surface area (Å²) < 4.78 is 13.0. The minimum absolute atomic E-state index is 0.127. The minimum Gasteiger partial charge on any atom is -0.347 e. The van der Waals surface area contributed by atoms with Crippen LogP contribution in [-0.4, -0.2) is 11.8 Å². The Morgan fingerprint density at radius 2 is 1.43 bits per heavy atom. The zero-order valence-electron chi connectivity index (χ0n) is 15.1. The molecule has 0 saturated carbocycles. The van der Waals surface area contributed by atoms with E-state index in [1.165, 1.54) is 12.1 Å². The SMILES string of the molecule is O=C(NCc1ccc(F)cc1)/C(=C/c1ccccc1)NC(=O)c1ccccc1. The first-order chi connectivity index (χ1) is 13.6. The van der Waals surface area contributed by atoms with Crippen molar-refractivity contribution in [2.24, 2.45) is 0 Å². The number of rotatable bonds is 6. The molecule has 0 saturated heterocycles. The second-order valence-electron chi connectivity index (χ2n) is 6.10. The van der Waals surface area contributed by atoms with E-state index in [1.54, 1.807) is 42.5 Å². The Balaban J connectivity index is 1.77. The van der Waals surface area contributed by atoms with Crippen LogP contribution in [0.2, 0.25) is 0 Å². The van der Waals surface area contributed by atoms with Gasteiger partial charge in [0.25, 0.3) is 11.8 Å². The number of hydrogen-bond donors (Lipinski definition) is 2. The van der Waals surface area contributed by atoms with Crippen LogP contribution in [0.25, 0.3) is 6.08 Å². The van der Waals surface area contributed by atoms with Gasteiger partial charge < -0.3 is 10.6 Å². The molecule has 4 nitrogen and oxygen atoms in total. The van der Waals surface area contributed by atoms with E-state index >= 15 is 0 Å². The van der Waals surface area contributed by atoms with Crippen molar-refractivity contribution >= 4 is 17.9 Å². The van der Waals surface area contributed by atoms with E-state index in [4.69, 9.17) is 0 Å². The number of amides is 2. The smallest absolute Gasteiger partial charge is 0.268 e. The quantitative estimate of drug-likeness (QED) is 0.643. The average molecular weight is 374 g/mol. The summed E-state index contributed by atoms with van der Waals surface area (Å²) in [5.41, 5.74) is 2.11. The zero-order valence-corrected chi connectivity index (χ0v) is 15.1. The van der Waals surface area contributed by atoms with Gasteiger partial charge in [-0.1, -0.05) is 60.7 Å². The fraction of sp³-hybridized carbons (Fsp3) is 0.0435. The van der Waals surface area contributed by atoms with E-state index in [-0.39, 0.29) is 24.0 Å². The summed E-state index contributed by atoms with van der Waals surface area (Å²) in [6.45, 7) is 0.215. The maximum absolute atomic E-state index is 13.0. The Morgan fingerprint density at radius 3 is 2.07 bits per heavy atom. The highest BCUT2D eigenvalue weighted by Crippen LogP contribution is 2.08. The molecule has 0 aliphatic rings. The van der Waals surface area contributed by atoms with Gasteiger partial charge in [0.15, 0.2) is 0 Å². The Labute approximate surface area is 162 Å². The van der Waals surface area contributed by atoms with Crippen molar-refractivity contribution in [2.45, 2.75) is 6.54 Å². The van der Waals surface area contributed by atoms with E-state index in [0.717, 1.165) is 11.1 Å². The molecule has 0 atom stereocenters. The second-order valence-corrected chi connectivity index (χ2v) is 6.10. The largest absolute Gasteiger partial charge is 0.347 e. The van der Waals surface area contributed by atoms with Gasteiger partial charge in [-0.25, -0.2) is 4.39 Å². The van der Waals surface area contributed by atoms with Crippen molar-refractivity contribution in [1.82, 2.24) is 10.6 Å². The van der Waals surface area contributed by atoms with E-state index in [0.29, 0.717) is 5.56 Å². The van der Waals surface area contributed by atoms with Crippen LogP contribution in [0.3, 0.4) is 0 Å². The number of carbonyl (C=O) groups excluding carboxylic acids is 2. The summed E-state index contributed by atoms with van der Waals surface area (Å²) in [5.74, 6) is -1.15. The molecule has 0 aromatic heterocycles. The summed E-state index contributed by atoms with van der Waals surface area (Å²) >= 11 is 0. The van der Waals surface area contributed by atoms with Gasteiger partial charge in [-0.2, -0.15) is 0 Å². The lowest BCUT2D eigenvalue weighted by Crippen LogP contribution is -2.34. The third-order valence-corrected chi connectivity index (χ3v) is 4.01. The Hall–Kier alpha value is -3.73. The Kier molecular flexibility index (Phi) is 6.31. The monoisotopic (exact) mass is 374 g/mol. The first-order valence-electron chi connectivity index (χ1n) is 8.77. The maximum Gasteiger partial charge on any atom is 0.268 e. The van der Waals surface area contributed by atoms with Gasteiger partial charge in [0.1, 0.15) is 11.5 Å². The van der Waals surface area contributed by atoms with Crippen LogP contribution in [-0.2, 0) is 11.3 Å². The lowest BCUT2D eigenvalue weighted by Gasteiger charge is -2.11. The number of hydrogen-bond acceptors (Lipinski definition) is 2. The third kappa shape index (κ3) is 5.38. The third-order valence-electron chi connectivity index (χ3n) is 4.01. The summed E-state index contributed by atoms with van der Waals surface area (Å²) in [6, 6.07) is 23.8. The van der Waals surface area contributed by atoms with Gasteiger partial charge in [0.05, 0.1) is 0 Å². The molecule has 5 heteroatoms. The van der Waals surface area contributed by atoms with Gasteiger partial charge in [0, 0.05) is 12.1 Å². The molecule has 0 fully saturated rings. The van der Waals surface area contributed by atoms with Crippen LogP contribution >= 0.6 is 0 Å². The molecule has 3 aromatic rings. The highest BCUT2D eigenvalue weighted by Gasteiger charge is 2.14. The topological polar surface area (TPSA) is 58.2 Å². The fourth-order valence-electron chi connectivity index (χ4n) is 2.54. The number of nitrogens with one attached hydrogen (secondary N) is 2. The number of carbonyl (C=O) groups is 2. The van der Waals surface area contributed by atoms with Gasteiger partial charge >= 0.3 is 0 Å². The van der Waals surface area contributed by atoms with Crippen LogP contribution in [0.15, 0.2) is 90.6 Å². The molecule has 0 unspecified atom stereocenters. The van der Waals surface area contributed by atoms with Crippen LogP contribution < -0.4 is 10.6 Å². The first kappa shape index (κ1) is 19.0. The standard InChI is InChI=1S/C23H19FN2O2/c24-20-13-11-18(12-14-20)16-25-23(28)21(15-17-7-3-1-4-8-17)26-22(27)19-9-5-2-6-10-19/h1-15H,16H2,(H,25,28)(H,26,27)/b21-15-. The molecule has 3 aromatic carbocycles. The molecule has 0 aliphatic heterocycles.